The quantitative estimate of drug-likeness (QED) is 0.752. The van der Waals surface area contributed by atoms with Crippen molar-refractivity contribution < 1.29 is 14.3 Å². The first kappa shape index (κ1) is 20.5. The molecule has 0 saturated carbocycles. The summed E-state index contributed by atoms with van der Waals surface area (Å²) in [7, 11) is 0. The van der Waals surface area contributed by atoms with Crippen LogP contribution in [0, 0.1) is 0 Å². The van der Waals surface area contributed by atoms with Crippen LogP contribution in [0.1, 0.15) is 19.3 Å². The first-order chi connectivity index (χ1) is 12.3. The van der Waals surface area contributed by atoms with Gasteiger partial charge < -0.3 is 20.1 Å². The van der Waals surface area contributed by atoms with E-state index in [0.29, 0.717) is 13.2 Å². The van der Waals surface area contributed by atoms with Crippen LogP contribution < -0.4 is 10.5 Å². The molecule has 3 rings (SSSR count). The van der Waals surface area contributed by atoms with Crippen LogP contribution in [-0.2, 0) is 9.53 Å². The normalized spacial score (nSPS) is 14.9. The Balaban J connectivity index is 0.00000243. The summed E-state index contributed by atoms with van der Waals surface area (Å²) in [5, 5.41) is 2.15. The van der Waals surface area contributed by atoms with Gasteiger partial charge in [-0.25, -0.2) is 0 Å². The van der Waals surface area contributed by atoms with Crippen LogP contribution >= 0.6 is 12.4 Å². The Labute approximate surface area is 160 Å². The average molecular weight is 379 g/mol. The standard InChI is InChI=1S/C20H26N2O3.ClH/c21-11-4-14-24-17-9-12-22(13-10-17)20(23)15-25-19-8-3-6-16-5-1-2-7-18(16)19;/h1-3,5-8,17H,4,9-15,21H2;1H. The van der Waals surface area contributed by atoms with Crippen molar-refractivity contribution in [1.29, 1.82) is 0 Å². The summed E-state index contributed by atoms with van der Waals surface area (Å²) < 4.78 is 11.6. The number of benzene rings is 2. The van der Waals surface area contributed by atoms with Crippen LogP contribution in [0.2, 0.25) is 0 Å². The smallest absolute Gasteiger partial charge is 0.260 e. The minimum Gasteiger partial charge on any atom is -0.483 e. The second-order valence-corrected chi connectivity index (χ2v) is 6.36. The van der Waals surface area contributed by atoms with E-state index in [-0.39, 0.29) is 31.0 Å². The van der Waals surface area contributed by atoms with Crippen molar-refractivity contribution in [1.82, 2.24) is 4.90 Å². The lowest BCUT2D eigenvalue weighted by atomic mass is 10.1. The third-order valence-corrected chi connectivity index (χ3v) is 4.60. The Bertz CT molecular complexity index is 697. The molecule has 0 unspecified atom stereocenters. The largest absolute Gasteiger partial charge is 0.483 e. The van der Waals surface area contributed by atoms with E-state index >= 15 is 0 Å². The maximum atomic E-state index is 12.4. The van der Waals surface area contributed by atoms with Gasteiger partial charge in [0.05, 0.1) is 6.10 Å². The first-order valence-electron chi connectivity index (χ1n) is 8.98. The van der Waals surface area contributed by atoms with Crippen LogP contribution in [0.5, 0.6) is 5.75 Å². The molecule has 26 heavy (non-hydrogen) atoms. The molecule has 1 saturated heterocycles. The summed E-state index contributed by atoms with van der Waals surface area (Å²) in [5.74, 6) is 0.791. The van der Waals surface area contributed by atoms with Crippen molar-refractivity contribution in [2.45, 2.75) is 25.4 Å². The number of carbonyl (C=O) groups excluding carboxylic acids is 1. The zero-order valence-corrected chi connectivity index (χ0v) is 15.7. The van der Waals surface area contributed by atoms with Crippen molar-refractivity contribution >= 4 is 29.1 Å². The van der Waals surface area contributed by atoms with Crippen molar-refractivity contribution in [3.63, 3.8) is 0 Å². The maximum Gasteiger partial charge on any atom is 0.260 e. The van der Waals surface area contributed by atoms with Crippen molar-refractivity contribution in [3.05, 3.63) is 42.5 Å². The summed E-state index contributed by atoms with van der Waals surface area (Å²) in [5.41, 5.74) is 5.48. The minimum absolute atomic E-state index is 0. The summed E-state index contributed by atoms with van der Waals surface area (Å²) in [4.78, 5) is 14.3. The van der Waals surface area contributed by atoms with E-state index in [4.69, 9.17) is 15.2 Å². The van der Waals surface area contributed by atoms with Gasteiger partial charge in [0.15, 0.2) is 6.61 Å². The molecule has 2 aromatic rings. The van der Waals surface area contributed by atoms with Gasteiger partial charge in [0.25, 0.3) is 5.91 Å². The lowest BCUT2D eigenvalue weighted by molar-refractivity contribution is -0.136. The van der Waals surface area contributed by atoms with Crippen molar-refractivity contribution in [2.24, 2.45) is 5.73 Å². The Morgan fingerprint density at radius 1 is 1.12 bits per heavy atom. The number of nitrogens with two attached hydrogens (primary N) is 1. The summed E-state index contributed by atoms with van der Waals surface area (Å²) in [6, 6.07) is 13.9. The number of amides is 1. The van der Waals surface area contributed by atoms with Crippen LogP contribution in [0.4, 0.5) is 0 Å². The van der Waals surface area contributed by atoms with Crippen LogP contribution in [0.15, 0.2) is 42.5 Å². The van der Waals surface area contributed by atoms with Gasteiger partial charge in [0.2, 0.25) is 0 Å². The maximum absolute atomic E-state index is 12.4. The summed E-state index contributed by atoms with van der Waals surface area (Å²) in [6.45, 7) is 2.89. The zero-order valence-electron chi connectivity index (χ0n) is 14.9. The van der Waals surface area contributed by atoms with E-state index in [9.17, 15) is 4.79 Å². The SMILES string of the molecule is Cl.NCCCOC1CCN(C(=O)COc2cccc3ccccc23)CC1. The highest BCUT2D eigenvalue weighted by atomic mass is 35.5. The first-order valence-corrected chi connectivity index (χ1v) is 8.98. The number of carbonyl (C=O) groups is 1. The molecule has 1 aliphatic heterocycles. The molecule has 0 radical (unpaired) electrons. The fraction of sp³-hybridized carbons (Fsp3) is 0.450. The van der Waals surface area contributed by atoms with Gasteiger partial charge in [-0.3, -0.25) is 4.79 Å². The number of nitrogens with zero attached hydrogens (tertiary/aromatic N) is 1. The molecule has 6 heteroatoms. The van der Waals surface area contributed by atoms with E-state index in [1.165, 1.54) is 0 Å². The number of likely N-dealkylation sites (tertiary alicyclic amines) is 1. The van der Waals surface area contributed by atoms with E-state index in [0.717, 1.165) is 48.9 Å². The minimum atomic E-state index is 0. The number of piperidine rings is 1. The van der Waals surface area contributed by atoms with E-state index < -0.39 is 0 Å². The Hall–Kier alpha value is -1.82. The predicted octanol–water partition coefficient (Wildman–Crippen LogP) is 3.00. The number of hydrogen-bond acceptors (Lipinski definition) is 4. The Morgan fingerprint density at radius 3 is 2.62 bits per heavy atom. The van der Waals surface area contributed by atoms with Gasteiger partial charge >= 0.3 is 0 Å². The number of fused-ring (bicyclic) bond motifs is 1. The van der Waals surface area contributed by atoms with Crippen molar-refractivity contribution in [2.75, 3.05) is 32.8 Å². The molecule has 142 valence electrons. The molecule has 1 fully saturated rings. The van der Waals surface area contributed by atoms with E-state index in [2.05, 4.69) is 0 Å². The second-order valence-electron chi connectivity index (χ2n) is 6.36. The van der Waals surface area contributed by atoms with E-state index in [1.807, 2.05) is 47.4 Å². The van der Waals surface area contributed by atoms with Gasteiger partial charge in [-0.05, 0) is 37.3 Å². The van der Waals surface area contributed by atoms with Gasteiger partial charge in [-0.2, -0.15) is 0 Å². The van der Waals surface area contributed by atoms with Crippen LogP contribution in [-0.4, -0.2) is 49.8 Å². The van der Waals surface area contributed by atoms with E-state index in [1.54, 1.807) is 0 Å². The molecule has 0 spiro atoms. The number of halogens is 1. The van der Waals surface area contributed by atoms with Crippen molar-refractivity contribution in [3.8, 4) is 5.75 Å². The topological polar surface area (TPSA) is 64.8 Å². The zero-order chi connectivity index (χ0) is 17.5. The lowest BCUT2D eigenvalue weighted by Crippen LogP contribution is -2.43. The molecule has 5 nitrogen and oxygen atoms in total. The molecule has 2 N–H and O–H groups in total. The highest BCUT2D eigenvalue weighted by molar-refractivity contribution is 5.88. The molecular weight excluding hydrogens is 352 g/mol. The molecule has 0 aromatic heterocycles. The molecular formula is C20H27ClN2O3. The second kappa shape index (κ2) is 10.4. The molecule has 1 heterocycles. The molecule has 1 amide bonds. The average Bonchev–Trinajstić information content (AvgIpc) is 2.67. The third kappa shape index (κ3) is 5.34. The number of ether oxygens (including phenoxy) is 2. The van der Waals surface area contributed by atoms with Gasteiger partial charge in [0, 0.05) is 25.1 Å². The molecule has 2 aromatic carbocycles. The van der Waals surface area contributed by atoms with Crippen LogP contribution in [0.25, 0.3) is 10.8 Å². The number of rotatable bonds is 7. The highest BCUT2D eigenvalue weighted by Crippen LogP contribution is 2.25. The monoisotopic (exact) mass is 378 g/mol. The molecule has 0 atom stereocenters. The molecule has 0 aliphatic carbocycles. The molecule has 1 aliphatic rings. The van der Waals surface area contributed by atoms with Gasteiger partial charge in [0.1, 0.15) is 5.75 Å². The lowest BCUT2D eigenvalue weighted by Gasteiger charge is -2.32. The van der Waals surface area contributed by atoms with Gasteiger partial charge in [-0.15, -0.1) is 12.4 Å². The highest BCUT2D eigenvalue weighted by Gasteiger charge is 2.23. The third-order valence-electron chi connectivity index (χ3n) is 4.60. The fourth-order valence-electron chi connectivity index (χ4n) is 3.16. The summed E-state index contributed by atoms with van der Waals surface area (Å²) >= 11 is 0. The molecule has 0 bridgehead atoms. The fourth-order valence-corrected chi connectivity index (χ4v) is 3.16. The van der Waals surface area contributed by atoms with Gasteiger partial charge in [-0.1, -0.05) is 36.4 Å². The Morgan fingerprint density at radius 2 is 1.85 bits per heavy atom. The summed E-state index contributed by atoms with van der Waals surface area (Å²) in [6.07, 6.45) is 2.89. The number of hydrogen-bond donors (Lipinski definition) is 1. The predicted molar refractivity (Wildman–Crippen MR) is 106 cm³/mol. The van der Waals surface area contributed by atoms with Crippen LogP contribution in [0.3, 0.4) is 0 Å². The Kier molecular flexibility index (Phi) is 8.16.